The van der Waals surface area contributed by atoms with Crippen LogP contribution in [0.3, 0.4) is 0 Å². The summed E-state index contributed by atoms with van der Waals surface area (Å²) in [4.78, 5) is 28.1. The molecule has 1 unspecified atom stereocenters. The smallest absolute Gasteiger partial charge is 0.291 e. The first kappa shape index (κ1) is 16.8. The van der Waals surface area contributed by atoms with E-state index in [2.05, 4.69) is 0 Å². The second kappa shape index (κ2) is 6.39. The van der Waals surface area contributed by atoms with Gasteiger partial charge in [0.2, 0.25) is 5.76 Å². The average molecular weight is 392 g/mol. The Bertz CT molecular complexity index is 1250. The maximum absolute atomic E-state index is 13.3. The fraction of sp³-hybridized carbons (Fsp3) is 0.0909. The Morgan fingerprint density at radius 3 is 2.57 bits per heavy atom. The molecule has 1 atom stereocenters. The topological polar surface area (TPSA) is 63.7 Å². The third-order valence-corrected chi connectivity index (χ3v) is 5.18. The van der Waals surface area contributed by atoms with Crippen molar-refractivity contribution in [2.24, 2.45) is 0 Å². The fourth-order valence-corrected chi connectivity index (χ4v) is 3.88. The van der Waals surface area contributed by atoms with Crippen LogP contribution < -0.4 is 5.43 Å². The quantitative estimate of drug-likeness (QED) is 0.504. The summed E-state index contributed by atoms with van der Waals surface area (Å²) in [7, 11) is 0. The molecular weight excluding hydrogens is 378 g/mol. The molecule has 4 aromatic rings. The van der Waals surface area contributed by atoms with Gasteiger partial charge >= 0.3 is 0 Å². The number of furan rings is 1. The van der Waals surface area contributed by atoms with Crippen molar-refractivity contribution >= 4 is 28.5 Å². The molecule has 0 aliphatic carbocycles. The Labute approximate surface area is 164 Å². The number of rotatable bonds is 3. The molecule has 1 aliphatic rings. The van der Waals surface area contributed by atoms with E-state index in [-0.39, 0.29) is 23.6 Å². The maximum Gasteiger partial charge on any atom is 0.291 e. The van der Waals surface area contributed by atoms with E-state index >= 15 is 0 Å². The van der Waals surface area contributed by atoms with E-state index in [0.29, 0.717) is 27.3 Å². The van der Waals surface area contributed by atoms with Gasteiger partial charge in [-0.05, 0) is 35.9 Å². The Balaban J connectivity index is 1.76. The van der Waals surface area contributed by atoms with E-state index in [4.69, 9.17) is 20.4 Å². The van der Waals surface area contributed by atoms with Crippen LogP contribution >= 0.6 is 11.6 Å². The summed E-state index contributed by atoms with van der Waals surface area (Å²) >= 11 is 6.08. The first-order valence-electron chi connectivity index (χ1n) is 8.78. The first-order chi connectivity index (χ1) is 13.6. The Kier molecular flexibility index (Phi) is 3.84. The van der Waals surface area contributed by atoms with E-state index in [1.54, 1.807) is 41.5 Å². The van der Waals surface area contributed by atoms with Crippen molar-refractivity contribution < 1.29 is 13.6 Å². The zero-order chi connectivity index (χ0) is 19.3. The Morgan fingerprint density at radius 2 is 1.82 bits per heavy atom. The van der Waals surface area contributed by atoms with E-state index < -0.39 is 6.04 Å². The van der Waals surface area contributed by atoms with Gasteiger partial charge in [0.25, 0.3) is 5.91 Å². The van der Waals surface area contributed by atoms with Gasteiger partial charge in [0.05, 0.1) is 29.8 Å². The van der Waals surface area contributed by atoms with Gasteiger partial charge in [0.1, 0.15) is 11.3 Å². The highest BCUT2D eigenvalue weighted by Gasteiger charge is 2.43. The van der Waals surface area contributed by atoms with Crippen LogP contribution in [0.1, 0.15) is 33.5 Å². The van der Waals surface area contributed by atoms with Crippen molar-refractivity contribution in [1.29, 1.82) is 0 Å². The highest BCUT2D eigenvalue weighted by atomic mass is 35.5. The number of halogens is 1. The number of nitrogens with zero attached hydrogens (tertiary/aromatic N) is 1. The Hall–Kier alpha value is -3.31. The van der Waals surface area contributed by atoms with E-state index in [9.17, 15) is 9.59 Å². The van der Waals surface area contributed by atoms with Crippen molar-refractivity contribution in [3.8, 4) is 0 Å². The summed E-state index contributed by atoms with van der Waals surface area (Å²) in [5.74, 6) is 0.358. The third kappa shape index (κ3) is 2.55. The molecule has 1 amide bonds. The summed E-state index contributed by atoms with van der Waals surface area (Å²) in [5, 5.41) is 0.799. The van der Waals surface area contributed by atoms with Gasteiger partial charge in [-0.25, -0.2) is 0 Å². The molecule has 138 valence electrons. The van der Waals surface area contributed by atoms with Crippen LogP contribution in [0.5, 0.6) is 0 Å². The van der Waals surface area contributed by atoms with Gasteiger partial charge in [-0.3, -0.25) is 9.59 Å². The third-order valence-electron chi connectivity index (χ3n) is 4.95. The first-order valence-corrected chi connectivity index (χ1v) is 9.16. The van der Waals surface area contributed by atoms with Gasteiger partial charge in [0, 0.05) is 5.02 Å². The van der Waals surface area contributed by atoms with E-state index in [1.165, 1.54) is 0 Å². The molecule has 0 fully saturated rings. The summed E-state index contributed by atoms with van der Waals surface area (Å²) in [5.41, 5.74) is 1.25. The zero-order valence-corrected chi connectivity index (χ0v) is 15.3. The Morgan fingerprint density at radius 1 is 1.00 bits per heavy atom. The van der Waals surface area contributed by atoms with Crippen LogP contribution in [-0.4, -0.2) is 10.8 Å². The molecule has 0 radical (unpaired) electrons. The number of carbonyl (C=O) groups is 1. The fourth-order valence-electron chi connectivity index (χ4n) is 3.71. The monoisotopic (exact) mass is 391 g/mol. The molecule has 0 N–H and O–H groups in total. The van der Waals surface area contributed by atoms with E-state index in [1.807, 2.05) is 30.3 Å². The lowest BCUT2D eigenvalue weighted by Crippen LogP contribution is -2.29. The van der Waals surface area contributed by atoms with Crippen LogP contribution in [-0.2, 0) is 6.54 Å². The number of fused-ring (bicyclic) bond motifs is 2. The predicted octanol–water partition coefficient (Wildman–Crippen LogP) is 4.78. The standard InChI is InChI=1S/C22H14ClNO4/c23-14-8-9-17-16(11-14)20(25)18-19(13-5-2-1-3-6-13)24(22(26)21(18)28-17)12-15-7-4-10-27-15/h1-11,19H,12H2. The van der Waals surface area contributed by atoms with Crippen LogP contribution in [0, 0.1) is 0 Å². The molecule has 0 bridgehead atoms. The lowest BCUT2D eigenvalue weighted by molar-refractivity contribution is 0.0701. The summed E-state index contributed by atoms with van der Waals surface area (Å²) in [6, 6.07) is 17.2. The van der Waals surface area contributed by atoms with Gasteiger partial charge in [0.15, 0.2) is 5.43 Å². The number of hydrogen-bond acceptors (Lipinski definition) is 4. The summed E-state index contributed by atoms with van der Waals surface area (Å²) < 4.78 is 11.3. The normalized spacial score (nSPS) is 16.0. The minimum absolute atomic E-state index is 0.0697. The molecular formula is C22H14ClNO4. The number of carbonyl (C=O) groups excluding carboxylic acids is 1. The summed E-state index contributed by atoms with van der Waals surface area (Å²) in [6.07, 6.45) is 1.56. The number of hydrogen-bond donors (Lipinski definition) is 0. The lowest BCUT2D eigenvalue weighted by Gasteiger charge is -2.24. The van der Waals surface area contributed by atoms with Crippen LogP contribution in [0.2, 0.25) is 5.02 Å². The molecule has 0 saturated heterocycles. The van der Waals surface area contributed by atoms with Crippen molar-refractivity contribution in [3.05, 3.63) is 105 Å². The molecule has 6 heteroatoms. The largest absolute Gasteiger partial charge is 0.467 e. The number of benzene rings is 2. The maximum atomic E-state index is 13.3. The summed E-state index contributed by atoms with van der Waals surface area (Å²) in [6.45, 7) is 0.228. The van der Waals surface area contributed by atoms with E-state index in [0.717, 1.165) is 5.56 Å². The van der Waals surface area contributed by atoms with Gasteiger partial charge in [-0.2, -0.15) is 0 Å². The van der Waals surface area contributed by atoms with Crippen molar-refractivity contribution in [2.45, 2.75) is 12.6 Å². The van der Waals surface area contributed by atoms with Crippen molar-refractivity contribution in [3.63, 3.8) is 0 Å². The van der Waals surface area contributed by atoms with Crippen LogP contribution in [0.15, 0.2) is 80.6 Å². The second-order valence-corrected chi connectivity index (χ2v) is 7.08. The molecule has 28 heavy (non-hydrogen) atoms. The molecule has 0 saturated carbocycles. The van der Waals surface area contributed by atoms with Gasteiger partial charge in [-0.1, -0.05) is 41.9 Å². The SMILES string of the molecule is O=C1c2oc3ccc(Cl)cc3c(=O)c2C(c2ccccc2)N1Cc1ccco1. The van der Waals surface area contributed by atoms with Crippen molar-refractivity contribution in [2.75, 3.05) is 0 Å². The second-order valence-electron chi connectivity index (χ2n) is 6.64. The molecule has 1 aliphatic heterocycles. The average Bonchev–Trinajstić information content (AvgIpc) is 3.31. The number of amides is 1. The molecule has 3 heterocycles. The molecule has 0 spiro atoms. The highest BCUT2D eigenvalue weighted by Crippen LogP contribution is 2.39. The predicted molar refractivity (Wildman–Crippen MR) is 104 cm³/mol. The molecule has 2 aromatic carbocycles. The minimum Gasteiger partial charge on any atom is -0.467 e. The van der Waals surface area contributed by atoms with Gasteiger partial charge in [-0.15, -0.1) is 0 Å². The van der Waals surface area contributed by atoms with Crippen LogP contribution in [0.25, 0.3) is 11.0 Å². The van der Waals surface area contributed by atoms with Gasteiger partial charge < -0.3 is 13.7 Å². The zero-order valence-electron chi connectivity index (χ0n) is 14.6. The lowest BCUT2D eigenvalue weighted by atomic mass is 9.98. The highest BCUT2D eigenvalue weighted by molar-refractivity contribution is 6.31. The molecule has 5 nitrogen and oxygen atoms in total. The minimum atomic E-state index is -0.562. The molecule has 5 rings (SSSR count). The van der Waals surface area contributed by atoms with Crippen LogP contribution in [0.4, 0.5) is 0 Å². The van der Waals surface area contributed by atoms with Crippen molar-refractivity contribution in [1.82, 2.24) is 4.90 Å². The molecule has 2 aromatic heterocycles.